The number of likely N-dealkylation sites (tertiary alicyclic amines) is 1. The molecule has 19 heteroatoms. The van der Waals surface area contributed by atoms with Crippen LogP contribution in [0.2, 0.25) is 0 Å². The van der Waals surface area contributed by atoms with Crippen LogP contribution in [0.25, 0.3) is 0 Å². The van der Waals surface area contributed by atoms with Crippen LogP contribution in [0.5, 0.6) is 5.75 Å². The van der Waals surface area contributed by atoms with Crippen LogP contribution < -0.4 is 20.9 Å². The van der Waals surface area contributed by atoms with Gasteiger partial charge in [0.1, 0.15) is 22.8 Å². The number of amides is 4. The van der Waals surface area contributed by atoms with Crippen molar-refractivity contribution in [3.63, 3.8) is 0 Å². The average molecular weight is 724 g/mol. The van der Waals surface area contributed by atoms with E-state index in [9.17, 15) is 43.8 Å². The van der Waals surface area contributed by atoms with Gasteiger partial charge in [0.15, 0.2) is 34.8 Å². The minimum Gasteiger partial charge on any atom is -0.505 e. The molecule has 7 N–H and O–H groups in total. The third-order valence-corrected chi connectivity index (χ3v) is 10.00. The molecule has 0 saturated carbocycles. The summed E-state index contributed by atoms with van der Waals surface area (Å²) in [5.74, 6) is -4.85. The summed E-state index contributed by atoms with van der Waals surface area (Å²) in [7, 11) is 0. The van der Waals surface area contributed by atoms with Crippen molar-refractivity contribution < 1.29 is 48.4 Å². The van der Waals surface area contributed by atoms with Crippen molar-refractivity contribution in [3.05, 3.63) is 88.1 Å². The quantitative estimate of drug-likeness (QED) is 0.0325. The van der Waals surface area contributed by atoms with E-state index in [1.165, 1.54) is 29.3 Å². The number of benzene rings is 1. The summed E-state index contributed by atoms with van der Waals surface area (Å²) in [6.07, 6.45) is 5.19. The molecular weight excluding hydrogens is 696 g/mol. The van der Waals surface area contributed by atoms with Gasteiger partial charge in [-0.3, -0.25) is 24.1 Å². The number of aromatic hydroxyl groups is 1. The highest BCUT2D eigenvalue weighted by Gasteiger charge is 2.54. The van der Waals surface area contributed by atoms with Crippen molar-refractivity contribution in [2.45, 2.75) is 30.9 Å². The van der Waals surface area contributed by atoms with E-state index >= 15 is 0 Å². The average Bonchev–Trinajstić information content (AvgIpc) is 3.66. The first kappa shape index (κ1) is 34.1. The van der Waals surface area contributed by atoms with E-state index in [1.807, 2.05) is 0 Å². The number of β-lactam (4-membered cyclic amide) rings is 1. The van der Waals surface area contributed by atoms with E-state index in [4.69, 9.17) is 5.73 Å². The molecular formula is C31H28FN8O8S2+. The number of nitrogens with zero attached hydrogens (tertiary/aromatic N) is 5. The number of rotatable bonds is 10. The third-order valence-electron chi connectivity index (χ3n) is 8.02. The second kappa shape index (κ2) is 14.0. The number of fused-ring (bicyclic) bond motifs is 1. The Hall–Kier alpha value is -5.82. The monoisotopic (exact) mass is 723 g/mol. The Morgan fingerprint density at radius 1 is 1.20 bits per heavy atom. The number of aliphatic carboxylic acids is 1. The number of carboxylic acids is 1. The molecule has 0 spiro atoms. The number of phenolic OH excluding ortho intramolecular Hbond substituents is 1. The van der Waals surface area contributed by atoms with Gasteiger partial charge in [0.25, 0.3) is 17.7 Å². The van der Waals surface area contributed by atoms with Gasteiger partial charge in [0, 0.05) is 53.7 Å². The normalized spacial score (nSPS) is 19.8. The fourth-order valence-electron chi connectivity index (χ4n) is 5.61. The SMILES string of the molecule is Nc1nc(/C(=N/O)C(=O)N[C@@H]2C(=O)N3C(C(=O)O)=C(/C=C4\CCN(Cc5cc[n+](CC(=O)Nc6ccc(O)c(F)c6)cc5)C4=O)CS[C@H]23)cs1. The van der Waals surface area contributed by atoms with E-state index < -0.39 is 52.4 Å². The first-order valence-electron chi connectivity index (χ1n) is 14.8. The minimum absolute atomic E-state index is 0.0190. The molecule has 16 nitrogen and oxygen atoms in total. The van der Waals surface area contributed by atoms with E-state index in [0.717, 1.165) is 33.9 Å². The Kier molecular flexibility index (Phi) is 9.51. The summed E-state index contributed by atoms with van der Waals surface area (Å²) >= 11 is 2.24. The predicted octanol–water partition coefficient (Wildman–Crippen LogP) is 0.772. The zero-order valence-corrected chi connectivity index (χ0v) is 27.4. The number of carboxylic acid groups (broad SMARTS) is 1. The van der Waals surface area contributed by atoms with Crippen LogP contribution in [0.4, 0.5) is 15.2 Å². The Labute approximate surface area is 290 Å². The van der Waals surface area contributed by atoms with Crippen molar-refractivity contribution >= 4 is 69.2 Å². The van der Waals surface area contributed by atoms with Crippen LogP contribution in [0.3, 0.4) is 0 Å². The fraction of sp³-hybridized carbons (Fsp3) is 0.226. The van der Waals surface area contributed by atoms with Crippen molar-refractivity contribution in [3.8, 4) is 5.75 Å². The Morgan fingerprint density at radius 3 is 2.62 bits per heavy atom. The van der Waals surface area contributed by atoms with Gasteiger partial charge >= 0.3 is 5.97 Å². The number of pyridine rings is 1. The highest BCUT2D eigenvalue weighted by Crippen LogP contribution is 2.41. The fourth-order valence-corrected chi connectivity index (χ4v) is 7.46. The number of halogens is 1. The van der Waals surface area contributed by atoms with Gasteiger partial charge in [0.2, 0.25) is 12.5 Å². The molecule has 0 bridgehead atoms. The summed E-state index contributed by atoms with van der Waals surface area (Å²) in [5, 5.41) is 37.6. The van der Waals surface area contributed by atoms with Gasteiger partial charge < -0.3 is 36.7 Å². The zero-order chi connectivity index (χ0) is 35.7. The van der Waals surface area contributed by atoms with Crippen LogP contribution in [0.15, 0.2) is 76.2 Å². The molecule has 0 aliphatic carbocycles. The number of anilines is 2. The maximum Gasteiger partial charge on any atom is 0.352 e. The molecule has 4 amide bonds. The van der Waals surface area contributed by atoms with E-state index in [1.54, 1.807) is 34.0 Å². The summed E-state index contributed by atoms with van der Waals surface area (Å²) in [6.45, 7) is 0.577. The molecule has 0 radical (unpaired) electrons. The number of carbonyl (C=O) groups is 5. The first-order chi connectivity index (χ1) is 23.9. The number of phenols is 1. The summed E-state index contributed by atoms with van der Waals surface area (Å²) in [6, 6.07) is 5.93. The number of hydrogen-bond acceptors (Lipinski definition) is 12. The highest BCUT2D eigenvalue weighted by atomic mass is 32.2. The van der Waals surface area contributed by atoms with Crippen molar-refractivity contribution in [1.29, 1.82) is 0 Å². The molecule has 5 heterocycles. The number of thiazole rings is 1. The molecule has 1 aromatic carbocycles. The number of nitrogens with two attached hydrogens (primary N) is 1. The predicted molar refractivity (Wildman–Crippen MR) is 176 cm³/mol. The van der Waals surface area contributed by atoms with Crippen molar-refractivity contribution in [2.75, 3.05) is 23.3 Å². The molecule has 3 aliphatic heterocycles. The van der Waals surface area contributed by atoms with Crippen LogP contribution in [-0.2, 0) is 37.1 Å². The standard InChI is InChI=1S/C31H27FN8O8S2/c32-19-10-18(1-2-21(19)41)34-22(42)12-38-6-3-15(4-7-38)11-39-8-5-16(27(39)44)9-17-13-49-29-24(28(45)40(29)25(17)30(46)47)36-26(43)23(37-48)20-14-50-31(33)35-20/h1-4,6-7,9-10,14,24,29H,5,8,11-13H2,(H6-,33,34,35,36,37,41,42,43,46,47,48)/p+1/b16-9+/t24-,29-/m1/s1. The second-order valence-corrected chi connectivity index (χ2v) is 13.3. The molecule has 2 fully saturated rings. The van der Waals surface area contributed by atoms with Gasteiger partial charge in [-0.05, 0) is 35.8 Å². The lowest BCUT2D eigenvalue weighted by molar-refractivity contribution is -0.684. The van der Waals surface area contributed by atoms with Crippen molar-refractivity contribution in [1.82, 2.24) is 20.1 Å². The smallest absolute Gasteiger partial charge is 0.352 e. The number of oxime groups is 1. The minimum atomic E-state index is -1.36. The Bertz CT molecular complexity index is 2010. The molecule has 3 aliphatic rings. The van der Waals surface area contributed by atoms with Crippen molar-refractivity contribution in [2.24, 2.45) is 5.16 Å². The number of allylic oxidation sites excluding steroid dienone is 1. The zero-order valence-electron chi connectivity index (χ0n) is 25.8. The topological polar surface area (TPSA) is 232 Å². The molecule has 2 atom stereocenters. The van der Waals surface area contributed by atoms with Gasteiger partial charge in [0.05, 0.1) is 0 Å². The highest BCUT2D eigenvalue weighted by molar-refractivity contribution is 8.00. The van der Waals surface area contributed by atoms with E-state index in [-0.39, 0.29) is 52.5 Å². The maximum absolute atomic E-state index is 13.5. The molecule has 0 unspecified atom stereocenters. The lowest BCUT2D eigenvalue weighted by Gasteiger charge is -2.49. The number of thioether (sulfide) groups is 1. The number of aromatic nitrogens is 2. The van der Waals surface area contributed by atoms with Gasteiger partial charge in [-0.15, -0.1) is 23.1 Å². The first-order valence-corrected chi connectivity index (χ1v) is 16.8. The van der Waals surface area contributed by atoms with Gasteiger partial charge in [-0.25, -0.2) is 14.2 Å². The molecule has 2 saturated heterocycles. The molecule has 6 rings (SSSR count). The van der Waals surface area contributed by atoms with Gasteiger partial charge in [-0.1, -0.05) is 5.16 Å². The summed E-state index contributed by atoms with van der Waals surface area (Å²) in [4.78, 5) is 70.5. The summed E-state index contributed by atoms with van der Waals surface area (Å²) in [5.41, 5.74) is 6.53. The Morgan fingerprint density at radius 2 is 1.96 bits per heavy atom. The summed E-state index contributed by atoms with van der Waals surface area (Å²) < 4.78 is 15.2. The Balaban J connectivity index is 1.07. The number of hydrogen-bond donors (Lipinski definition) is 6. The van der Waals surface area contributed by atoms with E-state index in [2.05, 4.69) is 20.8 Å². The third kappa shape index (κ3) is 6.85. The molecule has 50 heavy (non-hydrogen) atoms. The molecule has 3 aromatic rings. The largest absolute Gasteiger partial charge is 0.505 e. The lowest BCUT2D eigenvalue weighted by atomic mass is 10.0. The number of nitrogen functional groups attached to an aromatic ring is 1. The van der Waals surface area contributed by atoms with Crippen LogP contribution in [-0.4, -0.2) is 89.2 Å². The van der Waals surface area contributed by atoms with Crippen LogP contribution >= 0.6 is 23.1 Å². The van der Waals surface area contributed by atoms with Gasteiger partial charge in [-0.2, -0.15) is 4.57 Å². The van der Waals surface area contributed by atoms with Crippen LogP contribution in [0.1, 0.15) is 17.7 Å². The second-order valence-electron chi connectivity index (χ2n) is 11.3. The number of carbonyl (C=O) groups excluding carboxylic acids is 4. The van der Waals surface area contributed by atoms with Crippen LogP contribution in [0, 0.1) is 5.82 Å². The van der Waals surface area contributed by atoms with E-state index in [0.29, 0.717) is 18.5 Å². The lowest BCUT2D eigenvalue weighted by Crippen LogP contribution is -2.71. The number of nitrogens with one attached hydrogen (secondary N) is 2. The maximum atomic E-state index is 13.5. The molecule has 2 aromatic heterocycles. The molecule has 258 valence electrons.